The number of benzene rings is 2. The lowest BCUT2D eigenvalue weighted by molar-refractivity contribution is -0.140. The van der Waals surface area contributed by atoms with E-state index in [-0.39, 0.29) is 17.1 Å². The van der Waals surface area contributed by atoms with Crippen LogP contribution in [0.3, 0.4) is 0 Å². The summed E-state index contributed by atoms with van der Waals surface area (Å²) in [4.78, 5) is 29.0. The first kappa shape index (κ1) is 20.4. The summed E-state index contributed by atoms with van der Waals surface area (Å²) in [6.07, 6.45) is 0. The number of ether oxygens (including phenoxy) is 1. The molecule has 1 amide bonds. The van der Waals surface area contributed by atoms with Crippen LogP contribution in [0.15, 0.2) is 54.1 Å². The highest BCUT2D eigenvalue weighted by Gasteiger charge is 2.46. The zero-order chi connectivity index (χ0) is 21.1. The average Bonchev–Trinajstić information content (AvgIpc) is 2.96. The molecule has 1 fully saturated rings. The summed E-state index contributed by atoms with van der Waals surface area (Å²) in [5, 5.41) is 20.9. The molecule has 0 aliphatic carbocycles. The number of aliphatic hydroxyl groups is 1. The number of ketones is 1. The van der Waals surface area contributed by atoms with Gasteiger partial charge in [0.25, 0.3) is 11.7 Å². The molecule has 1 saturated heterocycles. The van der Waals surface area contributed by atoms with Crippen molar-refractivity contribution in [1.29, 1.82) is 0 Å². The molecular formula is C22H24N2O5. The zero-order valence-electron chi connectivity index (χ0n) is 16.6. The number of likely N-dealkylation sites (tertiary alicyclic amines) is 1. The summed E-state index contributed by atoms with van der Waals surface area (Å²) < 4.78 is 5.19. The first-order valence-electron chi connectivity index (χ1n) is 9.20. The van der Waals surface area contributed by atoms with Gasteiger partial charge in [-0.15, -0.1) is 0 Å². The topological polar surface area (TPSA) is 90.3 Å². The van der Waals surface area contributed by atoms with E-state index in [2.05, 4.69) is 0 Å². The Morgan fingerprint density at radius 3 is 2.52 bits per heavy atom. The van der Waals surface area contributed by atoms with E-state index >= 15 is 0 Å². The Hall–Kier alpha value is -3.32. The van der Waals surface area contributed by atoms with Crippen molar-refractivity contribution >= 4 is 17.4 Å². The predicted octanol–water partition coefficient (Wildman–Crippen LogP) is 2.38. The van der Waals surface area contributed by atoms with E-state index in [1.165, 1.54) is 24.1 Å². The second kappa shape index (κ2) is 8.36. The molecule has 0 aromatic heterocycles. The van der Waals surface area contributed by atoms with Gasteiger partial charge in [-0.05, 0) is 43.9 Å². The third-order valence-corrected chi connectivity index (χ3v) is 4.86. The number of phenols is 1. The number of aromatic hydroxyl groups is 1. The average molecular weight is 396 g/mol. The largest absolute Gasteiger partial charge is 0.508 e. The molecule has 1 aliphatic rings. The third-order valence-electron chi connectivity index (χ3n) is 4.86. The zero-order valence-corrected chi connectivity index (χ0v) is 16.6. The lowest BCUT2D eigenvalue weighted by Gasteiger charge is -2.26. The van der Waals surface area contributed by atoms with Crippen LogP contribution < -0.4 is 4.74 Å². The molecule has 2 aromatic carbocycles. The van der Waals surface area contributed by atoms with Gasteiger partial charge in [-0.2, -0.15) is 0 Å². The van der Waals surface area contributed by atoms with E-state index in [0.717, 1.165) is 0 Å². The van der Waals surface area contributed by atoms with Crippen LogP contribution in [-0.4, -0.2) is 66.0 Å². The van der Waals surface area contributed by atoms with E-state index < -0.39 is 17.7 Å². The summed E-state index contributed by atoms with van der Waals surface area (Å²) in [7, 11) is 5.25. The highest BCUT2D eigenvalue weighted by molar-refractivity contribution is 6.46. The SMILES string of the molecule is COc1cccc(C(O)=C2C(=O)C(=O)N(CCN(C)C)C2c2cccc(O)c2)c1. The monoisotopic (exact) mass is 396 g/mol. The minimum atomic E-state index is -0.798. The van der Waals surface area contributed by atoms with Crippen LogP contribution in [0.4, 0.5) is 0 Å². The quantitative estimate of drug-likeness (QED) is 0.443. The highest BCUT2D eigenvalue weighted by Crippen LogP contribution is 2.40. The molecule has 0 radical (unpaired) electrons. The second-order valence-electron chi connectivity index (χ2n) is 7.12. The number of hydrogen-bond acceptors (Lipinski definition) is 6. The van der Waals surface area contributed by atoms with Gasteiger partial charge in [0, 0.05) is 18.7 Å². The number of Topliss-reactive ketones (excluding diaryl/α,β-unsaturated/α-hetero) is 1. The Morgan fingerprint density at radius 2 is 1.86 bits per heavy atom. The van der Waals surface area contributed by atoms with Crippen LogP contribution in [-0.2, 0) is 9.59 Å². The summed E-state index contributed by atoms with van der Waals surface area (Å²) in [6.45, 7) is 0.842. The van der Waals surface area contributed by atoms with Gasteiger partial charge in [-0.1, -0.05) is 24.3 Å². The van der Waals surface area contributed by atoms with Gasteiger partial charge in [-0.3, -0.25) is 9.59 Å². The molecule has 1 aliphatic heterocycles. The number of carbonyl (C=O) groups is 2. The van der Waals surface area contributed by atoms with Crippen LogP contribution >= 0.6 is 0 Å². The number of likely N-dealkylation sites (N-methyl/N-ethyl adjacent to an activating group) is 1. The standard InChI is InChI=1S/C22H24N2O5/c1-23(2)10-11-24-19(14-6-4-8-16(25)12-14)18(21(27)22(24)28)20(26)15-7-5-9-17(13-15)29-3/h4-9,12-13,19,25-26H,10-11H2,1-3H3. The number of hydrogen-bond donors (Lipinski definition) is 2. The van der Waals surface area contributed by atoms with Gasteiger partial charge in [0.05, 0.1) is 18.7 Å². The maximum Gasteiger partial charge on any atom is 0.295 e. The van der Waals surface area contributed by atoms with Crippen LogP contribution in [0.2, 0.25) is 0 Å². The van der Waals surface area contributed by atoms with Crippen LogP contribution in [0.1, 0.15) is 17.2 Å². The van der Waals surface area contributed by atoms with Gasteiger partial charge in [0.1, 0.15) is 17.3 Å². The summed E-state index contributed by atoms with van der Waals surface area (Å²) in [5.41, 5.74) is 0.917. The van der Waals surface area contributed by atoms with Crippen molar-refractivity contribution in [1.82, 2.24) is 9.80 Å². The molecule has 0 bridgehead atoms. The number of methoxy groups -OCH3 is 1. The molecule has 7 heteroatoms. The first-order chi connectivity index (χ1) is 13.8. The molecule has 7 nitrogen and oxygen atoms in total. The van der Waals surface area contributed by atoms with E-state index in [0.29, 0.717) is 30.0 Å². The third kappa shape index (κ3) is 4.09. The minimum Gasteiger partial charge on any atom is -0.508 e. The number of rotatable bonds is 6. The second-order valence-corrected chi connectivity index (χ2v) is 7.12. The number of aliphatic hydroxyl groups excluding tert-OH is 1. The van der Waals surface area contributed by atoms with E-state index in [1.807, 2.05) is 19.0 Å². The Balaban J connectivity index is 2.16. The normalized spacial score (nSPS) is 18.5. The van der Waals surface area contributed by atoms with Crippen LogP contribution in [0.5, 0.6) is 11.5 Å². The van der Waals surface area contributed by atoms with E-state index in [4.69, 9.17) is 4.74 Å². The van der Waals surface area contributed by atoms with Crippen molar-refractivity contribution < 1.29 is 24.5 Å². The molecule has 1 heterocycles. The van der Waals surface area contributed by atoms with Crippen LogP contribution in [0, 0.1) is 0 Å². The highest BCUT2D eigenvalue weighted by atomic mass is 16.5. The van der Waals surface area contributed by atoms with Crippen LogP contribution in [0.25, 0.3) is 5.76 Å². The van der Waals surface area contributed by atoms with Gasteiger partial charge in [0.15, 0.2) is 0 Å². The van der Waals surface area contributed by atoms with Crippen molar-refractivity contribution in [2.75, 3.05) is 34.3 Å². The van der Waals surface area contributed by atoms with Gasteiger partial charge >= 0.3 is 0 Å². The van der Waals surface area contributed by atoms with Crippen molar-refractivity contribution in [3.8, 4) is 11.5 Å². The number of phenolic OH excluding ortho intramolecular Hbond substituents is 1. The van der Waals surface area contributed by atoms with E-state index in [9.17, 15) is 19.8 Å². The van der Waals surface area contributed by atoms with Crippen molar-refractivity contribution in [2.45, 2.75) is 6.04 Å². The molecule has 152 valence electrons. The molecular weight excluding hydrogens is 372 g/mol. The minimum absolute atomic E-state index is 0.00684. The molecule has 2 N–H and O–H groups in total. The Bertz CT molecular complexity index is 967. The van der Waals surface area contributed by atoms with Gasteiger partial charge < -0.3 is 24.7 Å². The Labute approximate surface area is 169 Å². The number of nitrogens with zero attached hydrogens (tertiary/aromatic N) is 2. The van der Waals surface area contributed by atoms with Crippen molar-refractivity contribution in [3.05, 3.63) is 65.2 Å². The molecule has 1 atom stereocenters. The molecule has 1 unspecified atom stereocenters. The van der Waals surface area contributed by atoms with Crippen molar-refractivity contribution in [3.63, 3.8) is 0 Å². The Kier molecular flexibility index (Phi) is 5.89. The smallest absolute Gasteiger partial charge is 0.295 e. The lowest BCUT2D eigenvalue weighted by atomic mass is 9.95. The molecule has 0 saturated carbocycles. The first-order valence-corrected chi connectivity index (χ1v) is 9.20. The predicted molar refractivity (Wildman–Crippen MR) is 109 cm³/mol. The summed E-state index contributed by atoms with van der Waals surface area (Å²) in [5.74, 6) is -1.17. The molecule has 3 rings (SSSR count). The molecule has 2 aromatic rings. The lowest BCUT2D eigenvalue weighted by Crippen LogP contribution is -2.35. The van der Waals surface area contributed by atoms with Gasteiger partial charge in [0.2, 0.25) is 0 Å². The number of carbonyl (C=O) groups excluding carboxylic acids is 2. The number of amides is 1. The maximum atomic E-state index is 12.9. The molecule has 29 heavy (non-hydrogen) atoms. The summed E-state index contributed by atoms with van der Waals surface area (Å²) in [6, 6.07) is 12.2. The van der Waals surface area contributed by atoms with Crippen molar-refractivity contribution in [2.24, 2.45) is 0 Å². The summed E-state index contributed by atoms with van der Waals surface area (Å²) >= 11 is 0. The maximum absolute atomic E-state index is 12.9. The fraction of sp³-hybridized carbons (Fsp3) is 0.273. The Morgan fingerprint density at radius 1 is 1.14 bits per heavy atom. The van der Waals surface area contributed by atoms with Gasteiger partial charge in [-0.25, -0.2) is 0 Å². The molecule has 0 spiro atoms. The van der Waals surface area contributed by atoms with E-state index in [1.54, 1.807) is 36.4 Å². The fourth-order valence-electron chi connectivity index (χ4n) is 3.39. The fourth-order valence-corrected chi connectivity index (χ4v) is 3.39.